The third-order valence-corrected chi connectivity index (χ3v) is 3.26. The van der Waals surface area contributed by atoms with E-state index in [1.165, 1.54) is 30.3 Å². The Morgan fingerprint density at radius 3 is 2.65 bits per heavy atom. The number of hydrogen-bond acceptors (Lipinski definition) is 3. The van der Waals surface area contributed by atoms with Crippen LogP contribution < -0.4 is 5.43 Å². The fourth-order valence-corrected chi connectivity index (χ4v) is 2.14. The van der Waals surface area contributed by atoms with Gasteiger partial charge in [-0.1, -0.05) is 12.1 Å². The number of phenols is 1. The molecular weight excluding hydrogens is 259 g/mol. The van der Waals surface area contributed by atoms with Gasteiger partial charge in [0, 0.05) is 11.6 Å². The van der Waals surface area contributed by atoms with Crippen LogP contribution in [0.2, 0.25) is 0 Å². The number of aryl methyl sites for hydroxylation is 1. The Balaban J connectivity index is 2.38. The number of benzene rings is 2. The first-order valence-corrected chi connectivity index (χ1v) is 6.09. The molecule has 0 fully saturated rings. The first kappa shape index (κ1) is 12.4. The lowest BCUT2D eigenvalue weighted by atomic mass is 10.1. The normalized spacial score (nSPS) is 10.9. The molecule has 0 aliphatic heterocycles. The van der Waals surface area contributed by atoms with Crippen molar-refractivity contribution in [3.8, 4) is 17.1 Å². The second-order valence-corrected chi connectivity index (χ2v) is 4.54. The van der Waals surface area contributed by atoms with Gasteiger partial charge in [0.2, 0.25) is 0 Å². The number of phenolic OH excluding ortho intramolecular Hbond substituents is 1. The van der Waals surface area contributed by atoms with Crippen LogP contribution in [0.15, 0.2) is 51.7 Å². The van der Waals surface area contributed by atoms with Gasteiger partial charge in [-0.05, 0) is 31.2 Å². The van der Waals surface area contributed by atoms with Crippen molar-refractivity contribution in [3.63, 3.8) is 0 Å². The fourth-order valence-electron chi connectivity index (χ4n) is 2.14. The Labute approximate surface area is 113 Å². The van der Waals surface area contributed by atoms with Crippen molar-refractivity contribution in [2.45, 2.75) is 6.92 Å². The maximum Gasteiger partial charge on any atom is 0.193 e. The van der Waals surface area contributed by atoms with E-state index in [0.717, 1.165) is 0 Å². The third kappa shape index (κ3) is 1.86. The first-order chi connectivity index (χ1) is 9.58. The molecule has 4 heteroatoms. The molecule has 0 unspecified atom stereocenters. The van der Waals surface area contributed by atoms with Gasteiger partial charge in [0.25, 0.3) is 0 Å². The largest absolute Gasteiger partial charge is 0.508 e. The predicted octanol–water partition coefficient (Wildman–Crippen LogP) is 3.61. The van der Waals surface area contributed by atoms with Crippen molar-refractivity contribution in [3.05, 3.63) is 64.1 Å². The Morgan fingerprint density at radius 1 is 1.15 bits per heavy atom. The number of rotatable bonds is 1. The zero-order chi connectivity index (χ0) is 14.3. The Hall–Kier alpha value is -2.62. The highest BCUT2D eigenvalue weighted by atomic mass is 19.1. The van der Waals surface area contributed by atoms with Crippen molar-refractivity contribution in [1.29, 1.82) is 0 Å². The monoisotopic (exact) mass is 270 g/mol. The molecule has 0 bridgehead atoms. The van der Waals surface area contributed by atoms with Gasteiger partial charge < -0.3 is 9.52 Å². The first-order valence-electron chi connectivity index (χ1n) is 6.09. The summed E-state index contributed by atoms with van der Waals surface area (Å²) < 4.78 is 19.4. The summed E-state index contributed by atoms with van der Waals surface area (Å²) in [5.74, 6) is -0.284. The van der Waals surface area contributed by atoms with Crippen LogP contribution in [0.5, 0.6) is 5.75 Å². The van der Waals surface area contributed by atoms with E-state index in [1.54, 1.807) is 19.1 Å². The molecule has 1 heterocycles. The molecule has 2 aromatic carbocycles. The molecule has 0 aliphatic carbocycles. The molecule has 0 aliphatic rings. The number of fused-ring (bicyclic) bond motifs is 1. The summed E-state index contributed by atoms with van der Waals surface area (Å²) in [4.78, 5) is 12.1. The van der Waals surface area contributed by atoms with E-state index in [-0.39, 0.29) is 28.1 Å². The van der Waals surface area contributed by atoms with Crippen LogP contribution in [0.4, 0.5) is 4.39 Å². The molecule has 1 N–H and O–H groups in total. The number of halogens is 1. The maximum absolute atomic E-state index is 13.8. The van der Waals surface area contributed by atoms with Gasteiger partial charge in [-0.15, -0.1) is 0 Å². The average molecular weight is 270 g/mol. The van der Waals surface area contributed by atoms with Crippen LogP contribution in [-0.4, -0.2) is 5.11 Å². The Kier molecular flexibility index (Phi) is 2.79. The minimum absolute atomic E-state index is 0.0336. The highest BCUT2D eigenvalue weighted by Crippen LogP contribution is 2.29. The molecule has 3 rings (SSSR count). The Morgan fingerprint density at radius 2 is 1.90 bits per heavy atom. The second kappa shape index (κ2) is 4.49. The van der Waals surface area contributed by atoms with Gasteiger partial charge >= 0.3 is 0 Å². The van der Waals surface area contributed by atoms with Crippen LogP contribution in [0, 0.1) is 12.7 Å². The fraction of sp³-hybridized carbons (Fsp3) is 0.0625. The van der Waals surface area contributed by atoms with Crippen LogP contribution in [0.25, 0.3) is 22.3 Å². The van der Waals surface area contributed by atoms with Crippen molar-refractivity contribution in [2.24, 2.45) is 0 Å². The Bertz CT molecular complexity index is 865. The molecule has 0 amide bonds. The molecule has 3 nitrogen and oxygen atoms in total. The molecule has 20 heavy (non-hydrogen) atoms. The zero-order valence-electron chi connectivity index (χ0n) is 10.7. The lowest BCUT2D eigenvalue weighted by Crippen LogP contribution is -2.01. The van der Waals surface area contributed by atoms with Crippen molar-refractivity contribution in [2.75, 3.05) is 0 Å². The van der Waals surface area contributed by atoms with Crippen LogP contribution in [0.3, 0.4) is 0 Å². The lowest BCUT2D eigenvalue weighted by Gasteiger charge is -2.07. The average Bonchev–Trinajstić information content (AvgIpc) is 2.43. The molecule has 0 radical (unpaired) electrons. The van der Waals surface area contributed by atoms with Crippen molar-refractivity contribution >= 4 is 11.0 Å². The van der Waals surface area contributed by atoms with Crippen LogP contribution >= 0.6 is 0 Å². The minimum Gasteiger partial charge on any atom is -0.508 e. The summed E-state index contributed by atoms with van der Waals surface area (Å²) in [5, 5.41) is 10.0. The molecule has 3 aromatic rings. The summed E-state index contributed by atoms with van der Waals surface area (Å²) >= 11 is 0. The standard InChI is InChI=1S/C16H11FO3/c1-9-13(18)7-6-11-14(19)8-15(20-16(9)11)10-4-2-3-5-12(10)17/h2-8,18H,1H3. The number of aromatic hydroxyl groups is 1. The minimum atomic E-state index is -0.465. The van der Waals surface area contributed by atoms with E-state index < -0.39 is 5.82 Å². The summed E-state index contributed by atoms with van der Waals surface area (Å²) in [6.07, 6.45) is 0. The number of hydrogen-bond donors (Lipinski definition) is 1. The molecule has 100 valence electrons. The van der Waals surface area contributed by atoms with Crippen molar-refractivity contribution < 1.29 is 13.9 Å². The summed E-state index contributed by atoms with van der Waals surface area (Å²) in [6, 6.07) is 10.3. The SMILES string of the molecule is Cc1c(O)ccc2c(=O)cc(-c3ccccc3F)oc12. The summed E-state index contributed by atoms with van der Waals surface area (Å²) in [7, 11) is 0. The molecule has 1 aromatic heterocycles. The zero-order valence-corrected chi connectivity index (χ0v) is 10.7. The highest BCUT2D eigenvalue weighted by molar-refractivity contribution is 5.83. The summed E-state index contributed by atoms with van der Waals surface area (Å²) in [5.41, 5.74) is 0.676. The van der Waals surface area contributed by atoms with E-state index in [0.29, 0.717) is 10.9 Å². The summed E-state index contributed by atoms with van der Waals surface area (Å²) in [6.45, 7) is 1.64. The van der Waals surface area contributed by atoms with E-state index in [9.17, 15) is 14.3 Å². The lowest BCUT2D eigenvalue weighted by molar-refractivity contribution is 0.469. The molecule has 0 saturated heterocycles. The van der Waals surface area contributed by atoms with Gasteiger partial charge in [0.05, 0.1) is 10.9 Å². The quantitative estimate of drug-likeness (QED) is 0.734. The van der Waals surface area contributed by atoms with Crippen molar-refractivity contribution in [1.82, 2.24) is 0 Å². The second-order valence-electron chi connectivity index (χ2n) is 4.54. The van der Waals surface area contributed by atoms with Crippen LogP contribution in [0.1, 0.15) is 5.56 Å². The van der Waals surface area contributed by atoms with Gasteiger partial charge in [0.1, 0.15) is 22.9 Å². The molecule has 0 atom stereocenters. The maximum atomic E-state index is 13.8. The van der Waals surface area contributed by atoms with Crippen LogP contribution in [-0.2, 0) is 0 Å². The third-order valence-electron chi connectivity index (χ3n) is 3.26. The van der Waals surface area contributed by atoms with Gasteiger partial charge in [-0.3, -0.25) is 4.79 Å². The topological polar surface area (TPSA) is 50.4 Å². The molecular formula is C16H11FO3. The van der Waals surface area contributed by atoms with E-state index in [4.69, 9.17) is 4.42 Å². The van der Waals surface area contributed by atoms with Gasteiger partial charge in [-0.2, -0.15) is 0 Å². The van der Waals surface area contributed by atoms with Gasteiger partial charge in [-0.25, -0.2) is 4.39 Å². The highest BCUT2D eigenvalue weighted by Gasteiger charge is 2.13. The van der Waals surface area contributed by atoms with Gasteiger partial charge in [0.15, 0.2) is 5.43 Å². The molecule has 0 saturated carbocycles. The van der Waals surface area contributed by atoms with E-state index in [2.05, 4.69) is 0 Å². The van der Waals surface area contributed by atoms with E-state index in [1.807, 2.05) is 0 Å². The van der Waals surface area contributed by atoms with E-state index >= 15 is 0 Å². The predicted molar refractivity (Wildman–Crippen MR) is 74.3 cm³/mol. The molecule has 0 spiro atoms. The smallest absolute Gasteiger partial charge is 0.193 e.